The van der Waals surface area contributed by atoms with E-state index in [4.69, 9.17) is 0 Å². The van der Waals surface area contributed by atoms with Crippen molar-refractivity contribution >= 4 is 27.7 Å². The number of imide groups is 1. The Morgan fingerprint density at radius 1 is 1.50 bits per heavy atom. The molecule has 1 rings (SSSR count). The monoisotopic (exact) mass is 209 g/mol. The number of rotatable bonds is 0. The van der Waals surface area contributed by atoms with E-state index in [1.165, 1.54) is 0 Å². The lowest BCUT2D eigenvalue weighted by atomic mass is 10.4. The molecule has 1 saturated heterocycles. The minimum atomic E-state index is -0.296. The number of hydrazine groups is 1. The van der Waals surface area contributed by atoms with E-state index in [2.05, 4.69) is 32.9 Å². The van der Waals surface area contributed by atoms with E-state index in [9.17, 15) is 9.59 Å². The van der Waals surface area contributed by atoms with Crippen LogP contribution in [-0.4, -0.2) is 16.6 Å². The summed E-state index contributed by atoms with van der Waals surface area (Å²) >= 11 is 3.01. The highest BCUT2D eigenvalue weighted by molar-refractivity contribution is 9.10. The van der Waals surface area contributed by atoms with Crippen molar-refractivity contribution in [3.8, 4) is 0 Å². The van der Waals surface area contributed by atoms with Crippen LogP contribution in [0.3, 0.4) is 0 Å². The first-order chi connectivity index (χ1) is 4.70. The third-order valence-electron chi connectivity index (χ3n) is 0.912. The zero-order valence-electron chi connectivity index (χ0n) is 5.13. The van der Waals surface area contributed by atoms with Crippen LogP contribution in [-0.2, 0) is 9.59 Å². The predicted molar refractivity (Wildman–Crippen MR) is 38.9 cm³/mol. The molecule has 10 heavy (non-hydrogen) atoms. The molecule has 2 amide bonds. The van der Waals surface area contributed by atoms with E-state index >= 15 is 0 Å². The molecule has 0 bridgehead atoms. The zero-order chi connectivity index (χ0) is 8.15. The lowest BCUT2D eigenvalue weighted by Crippen LogP contribution is -2.21. The molecule has 0 aromatic rings. The average molecular weight is 210 g/mol. The standard InChI is InChI=1S/C4H4BrNO2.H4N2/c5-2-1-3(7)6-4(2)8;1-2/h2H,1H2,(H,6,7,8);1-2H2. The van der Waals surface area contributed by atoms with Gasteiger partial charge < -0.3 is 0 Å². The molecule has 0 aromatic heterocycles. The van der Waals surface area contributed by atoms with Crippen LogP contribution in [0.2, 0.25) is 0 Å². The Balaban J connectivity index is 0.000000371. The van der Waals surface area contributed by atoms with Gasteiger partial charge in [-0.25, -0.2) is 0 Å². The molecule has 5 nitrogen and oxygen atoms in total. The van der Waals surface area contributed by atoms with Crippen LogP contribution in [0.15, 0.2) is 0 Å². The summed E-state index contributed by atoms with van der Waals surface area (Å²) in [7, 11) is 0. The number of carbonyl (C=O) groups excluding carboxylic acids is 2. The Kier molecular flexibility index (Phi) is 4.17. The molecular formula is C4H8BrN3O2. The third kappa shape index (κ3) is 2.42. The Morgan fingerprint density at radius 2 is 2.00 bits per heavy atom. The number of hydrogen-bond donors (Lipinski definition) is 3. The molecule has 1 fully saturated rings. The topological polar surface area (TPSA) is 98.2 Å². The van der Waals surface area contributed by atoms with E-state index < -0.39 is 0 Å². The summed E-state index contributed by atoms with van der Waals surface area (Å²) in [5.41, 5.74) is 0. The van der Waals surface area contributed by atoms with Gasteiger partial charge in [0.25, 0.3) is 0 Å². The summed E-state index contributed by atoms with van der Waals surface area (Å²) in [6, 6.07) is 0. The minimum absolute atomic E-state index is 0.197. The van der Waals surface area contributed by atoms with Crippen molar-refractivity contribution in [1.82, 2.24) is 5.32 Å². The number of halogens is 1. The van der Waals surface area contributed by atoms with Gasteiger partial charge in [-0.3, -0.25) is 26.6 Å². The first-order valence-corrected chi connectivity index (χ1v) is 3.43. The lowest BCUT2D eigenvalue weighted by molar-refractivity contribution is -0.124. The van der Waals surface area contributed by atoms with Crippen molar-refractivity contribution in [2.24, 2.45) is 11.7 Å². The van der Waals surface area contributed by atoms with Gasteiger partial charge >= 0.3 is 0 Å². The molecule has 1 aliphatic rings. The maximum atomic E-state index is 10.4. The first-order valence-electron chi connectivity index (χ1n) is 2.51. The summed E-state index contributed by atoms with van der Waals surface area (Å²) < 4.78 is 0. The number of alkyl halides is 1. The highest BCUT2D eigenvalue weighted by Gasteiger charge is 2.27. The lowest BCUT2D eigenvalue weighted by Gasteiger charge is -1.86. The van der Waals surface area contributed by atoms with Crippen LogP contribution < -0.4 is 17.0 Å². The molecule has 1 heterocycles. The number of carbonyl (C=O) groups is 2. The molecule has 0 spiro atoms. The van der Waals surface area contributed by atoms with Gasteiger partial charge in [0, 0.05) is 6.42 Å². The quantitative estimate of drug-likeness (QED) is 0.198. The van der Waals surface area contributed by atoms with Gasteiger partial charge in [0.1, 0.15) is 4.83 Å². The van der Waals surface area contributed by atoms with Crippen LogP contribution in [0.4, 0.5) is 0 Å². The molecule has 0 radical (unpaired) electrons. The Hall–Kier alpha value is -0.460. The maximum Gasteiger partial charge on any atom is 0.240 e. The molecule has 0 aliphatic carbocycles. The van der Waals surface area contributed by atoms with Gasteiger partial charge in [0.05, 0.1) is 0 Å². The Labute approximate surface area is 66.2 Å². The van der Waals surface area contributed by atoms with Crippen LogP contribution in [0.25, 0.3) is 0 Å². The van der Waals surface area contributed by atoms with Gasteiger partial charge in [0.15, 0.2) is 0 Å². The molecule has 1 unspecified atom stereocenters. The number of nitrogens with two attached hydrogens (primary N) is 2. The van der Waals surface area contributed by atoms with Crippen LogP contribution in [0.1, 0.15) is 6.42 Å². The largest absolute Gasteiger partial charge is 0.295 e. The second-order valence-electron chi connectivity index (χ2n) is 1.58. The van der Waals surface area contributed by atoms with E-state index in [0.717, 1.165) is 0 Å². The van der Waals surface area contributed by atoms with Gasteiger partial charge in [-0.15, -0.1) is 0 Å². The number of hydrogen-bond acceptors (Lipinski definition) is 4. The highest BCUT2D eigenvalue weighted by atomic mass is 79.9. The second-order valence-corrected chi connectivity index (χ2v) is 2.69. The van der Waals surface area contributed by atoms with Crippen molar-refractivity contribution < 1.29 is 9.59 Å². The van der Waals surface area contributed by atoms with Crippen LogP contribution in [0, 0.1) is 0 Å². The van der Waals surface area contributed by atoms with E-state index in [1.54, 1.807) is 0 Å². The van der Waals surface area contributed by atoms with Gasteiger partial charge in [-0.1, -0.05) is 15.9 Å². The third-order valence-corrected chi connectivity index (χ3v) is 1.65. The Morgan fingerprint density at radius 3 is 2.10 bits per heavy atom. The van der Waals surface area contributed by atoms with E-state index in [0.29, 0.717) is 0 Å². The van der Waals surface area contributed by atoms with Gasteiger partial charge in [0.2, 0.25) is 11.8 Å². The highest BCUT2D eigenvalue weighted by Crippen LogP contribution is 2.09. The summed E-state index contributed by atoms with van der Waals surface area (Å²) in [5, 5.41) is 2.14. The van der Waals surface area contributed by atoms with Crippen molar-refractivity contribution in [3.63, 3.8) is 0 Å². The maximum absolute atomic E-state index is 10.4. The summed E-state index contributed by atoms with van der Waals surface area (Å²) in [4.78, 5) is 20.4. The zero-order valence-corrected chi connectivity index (χ0v) is 6.72. The number of nitrogens with one attached hydrogen (secondary N) is 1. The second kappa shape index (κ2) is 4.37. The molecule has 58 valence electrons. The molecule has 5 N–H and O–H groups in total. The van der Waals surface area contributed by atoms with Gasteiger partial charge in [-0.2, -0.15) is 0 Å². The first kappa shape index (κ1) is 9.54. The Bertz CT molecular complexity index is 149. The van der Waals surface area contributed by atoms with Crippen LogP contribution >= 0.6 is 15.9 Å². The summed E-state index contributed by atoms with van der Waals surface area (Å²) in [6.45, 7) is 0. The van der Waals surface area contributed by atoms with Gasteiger partial charge in [-0.05, 0) is 0 Å². The SMILES string of the molecule is NN.O=C1CC(Br)C(=O)N1. The average Bonchev–Trinajstić information content (AvgIpc) is 2.16. The minimum Gasteiger partial charge on any atom is -0.295 e. The van der Waals surface area contributed by atoms with Crippen molar-refractivity contribution in [1.29, 1.82) is 0 Å². The normalized spacial score (nSPS) is 23.3. The molecular weight excluding hydrogens is 202 g/mol. The fourth-order valence-corrected chi connectivity index (χ4v) is 0.931. The van der Waals surface area contributed by atoms with Crippen molar-refractivity contribution in [3.05, 3.63) is 0 Å². The summed E-state index contributed by atoms with van der Waals surface area (Å²) in [5.74, 6) is 7.58. The molecule has 0 saturated carbocycles. The van der Waals surface area contributed by atoms with Crippen molar-refractivity contribution in [2.75, 3.05) is 0 Å². The van der Waals surface area contributed by atoms with Crippen LogP contribution in [0.5, 0.6) is 0 Å². The molecule has 6 heteroatoms. The fourth-order valence-electron chi connectivity index (χ4n) is 0.522. The molecule has 0 aromatic carbocycles. The van der Waals surface area contributed by atoms with E-state index in [-0.39, 0.29) is 23.1 Å². The van der Waals surface area contributed by atoms with E-state index in [1.807, 2.05) is 0 Å². The molecule has 1 atom stereocenters. The fraction of sp³-hybridized carbons (Fsp3) is 0.500. The predicted octanol–water partition coefficient (Wildman–Crippen LogP) is -1.38. The summed E-state index contributed by atoms with van der Waals surface area (Å²) in [6.07, 6.45) is 0.277. The van der Waals surface area contributed by atoms with Crippen molar-refractivity contribution in [2.45, 2.75) is 11.2 Å². The smallest absolute Gasteiger partial charge is 0.240 e. The molecule has 1 aliphatic heterocycles. The number of amides is 2.